The number of fused-ring (bicyclic) bond motifs is 1. The third-order valence-electron chi connectivity index (χ3n) is 5.80. The zero-order valence-electron chi connectivity index (χ0n) is 19.4. The summed E-state index contributed by atoms with van der Waals surface area (Å²) in [6, 6.07) is 23.0. The number of nitrogens with zero attached hydrogens (tertiary/aromatic N) is 5. The van der Waals surface area contributed by atoms with Crippen molar-refractivity contribution in [3.05, 3.63) is 83.9 Å². The number of carbonyl (C=O) groups excluding carboxylic acids is 1. The summed E-state index contributed by atoms with van der Waals surface area (Å²) in [5.41, 5.74) is 5.01. The smallest absolute Gasteiger partial charge is 0.312 e. The summed E-state index contributed by atoms with van der Waals surface area (Å²) in [5, 5.41) is 18.3. The third kappa shape index (κ3) is 5.27. The Hall–Kier alpha value is -3.91. The van der Waals surface area contributed by atoms with Gasteiger partial charge >= 0.3 is 5.97 Å². The number of rotatable bonds is 9. The van der Waals surface area contributed by atoms with Gasteiger partial charge in [-0.2, -0.15) is 0 Å². The highest BCUT2D eigenvalue weighted by atomic mass is 32.1. The molecule has 5 aromatic rings. The highest BCUT2D eigenvalue weighted by molar-refractivity contribution is 7.17. The zero-order chi connectivity index (χ0) is 24.0. The molecule has 0 atom stereocenters. The molecule has 0 amide bonds. The lowest BCUT2D eigenvalue weighted by Gasteiger charge is -2.04. The Morgan fingerprint density at radius 3 is 2.23 bits per heavy atom. The SMILES string of the molecule is CCCCCCc1ccc(-c2nnc(-c3ccc(C(=O)On4nnc5ccccc54)cc3)s2)cc1. The molecule has 3 aromatic carbocycles. The molecule has 0 aliphatic heterocycles. The monoisotopic (exact) mass is 483 g/mol. The van der Waals surface area contributed by atoms with Crippen LogP contribution in [0.2, 0.25) is 0 Å². The van der Waals surface area contributed by atoms with Gasteiger partial charge in [0.15, 0.2) is 0 Å². The van der Waals surface area contributed by atoms with E-state index >= 15 is 0 Å². The molecule has 2 heterocycles. The fourth-order valence-electron chi connectivity index (χ4n) is 3.82. The lowest BCUT2D eigenvalue weighted by Crippen LogP contribution is -2.20. The molecule has 5 rings (SSSR count). The van der Waals surface area contributed by atoms with Crippen LogP contribution in [0.1, 0.15) is 48.5 Å². The summed E-state index contributed by atoms with van der Waals surface area (Å²) in [5.74, 6) is -0.514. The fourth-order valence-corrected chi connectivity index (χ4v) is 4.68. The fraction of sp³-hybridized carbons (Fsp3) is 0.222. The molecule has 0 fully saturated rings. The van der Waals surface area contributed by atoms with Gasteiger partial charge in [-0.05, 0) is 47.9 Å². The van der Waals surface area contributed by atoms with Crippen molar-refractivity contribution in [1.29, 1.82) is 0 Å². The zero-order valence-corrected chi connectivity index (χ0v) is 20.2. The minimum Gasteiger partial charge on any atom is -0.312 e. The number of hydrogen-bond donors (Lipinski definition) is 0. The predicted octanol–water partition coefficient (Wildman–Crippen LogP) is 6.01. The van der Waals surface area contributed by atoms with Crippen LogP contribution in [0.3, 0.4) is 0 Å². The summed E-state index contributed by atoms with van der Waals surface area (Å²) in [6.45, 7) is 2.23. The number of hydrogen-bond acceptors (Lipinski definition) is 7. The van der Waals surface area contributed by atoms with E-state index in [4.69, 9.17) is 4.84 Å². The summed E-state index contributed by atoms with van der Waals surface area (Å²) in [4.78, 5) is 19.1. The molecular formula is C27H25N5O2S. The van der Waals surface area contributed by atoms with E-state index < -0.39 is 5.97 Å². The molecule has 7 nitrogen and oxygen atoms in total. The lowest BCUT2D eigenvalue weighted by molar-refractivity contribution is 0.0409. The van der Waals surface area contributed by atoms with Crippen LogP contribution in [0.4, 0.5) is 0 Å². The maximum Gasteiger partial charge on any atom is 0.365 e. The van der Waals surface area contributed by atoms with Crippen LogP contribution in [-0.4, -0.2) is 31.3 Å². The van der Waals surface area contributed by atoms with Gasteiger partial charge in [0.2, 0.25) is 0 Å². The standard InChI is InChI=1S/C27H25N5O2S/c1-2-3-4-5-8-19-11-13-20(14-12-19)25-29-30-26(35-25)21-15-17-22(18-16-21)27(33)34-32-24-10-7-6-9-23(24)28-31-32/h6-7,9-18H,2-5,8H2,1H3. The molecule has 0 N–H and O–H groups in total. The lowest BCUT2D eigenvalue weighted by atomic mass is 10.0. The first kappa shape index (κ1) is 22.9. The van der Waals surface area contributed by atoms with Crippen LogP contribution >= 0.6 is 11.3 Å². The quantitative estimate of drug-likeness (QED) is 0.189. The van der Waals surface area contributed by atoms with Gasteiger partial charge in [-0.15, -0.1) is 15.3 Å². The highest BCUT2D eigenvalue weighted by Crippen LogP contribution is 2.30. The summed E-state index contributed by atoms with van der Waals surface area (Å²) >= 11 is 1.53. The molecule has 0 radical (unpaired) electrons. The molecule has 0 saturated carbocycles. The van der Waals surface area contributed by atoms with Gasteiger partial charge in [-0.1, -0.05) is 90.9 Å². The van der Waals surface area contributed by atoms with Crippen molar-refractivity contribution < 1.29 is 9.63 Å². The first-order valence-corrected chi connectivity index (χ1v) is 12.6. The van der Waals surface area contributed by atoms with Crippen LogP contribution in [0, 0.1) is 0 Å². The van der Waals surface area contributed by atoms with Gasteiger partial charge < -0.3 is 4.84 Å². The Balaban J connectivity index is 1.24. The van der Waals surface area contributed by atoms with Gasteiger partial charge in [0.25, 0.3) is 0 Å². The second-order valence-corrected chi connectivity index (χ2v) is 9.30. The van der Waals surface area contributed by atoms with E-state index in [1.165, 1.54) is 42.6 Å². The normalized spacial score (nSPS) is 11.1. The summed E-state index contributed by atoms with van der Waals surface area (Å²) < 4.78 is 0. The Labute approximate surface area is 207 Å². The van der Waals surface area contributed by atoms with Gasteiger partial charge in [-0.25, -0.2) is 4.79 Å². The van der Waals surface area contributed by atoms with Crippen LogP contribution in [0.15, 0.2) is 72.8 Å². The molecule has 0 spiro atoms. The summed E-state index contributed by atoms with van der Waals surface area (Å²) in [6.07, 6.45) is 6.18. The number of carbonyl (C=O) groups is 1. The number of aryl methyl sites for hydroxylation is 1. The first-order chi connectivity index (χ1) is 17.2. The second-order valence-electron chi connectivity index (χ2n) is 8.33. The van der Waals surface area contributed by atoms with Crippen molar-refractivity contribution in [2.75, 3.05) is 0 Å². The Kier molecular flexibility index (Phi) is 6.90. The van der Waals surface area contributed by atoms with E-state index in [2.05, 4.69) is 51.7 Å². The van der Waals surface area contributed by atoms with Crippen LogP contribution < -0.4 is 4.84 Å². The first-order valence-electron chi connectivity index (χ1n) is 11.8. The van der Waals surface area contributed by atoms with Gasteiger partial charge in [-0.3, -0.25) is 0 Å². The van der Waals surface area contributed by atoms with Crippen molar-refractivity contribution in [1.82, 2.24) is 25.4 Å². The maximum absolute atomic E-state index is 12.6. The Morgan fingerprint density at radius 1 is 0.829 bits per heavy atom. The van der Waals surface area contributed by atoms with Crippen LogP contribution in [-0.2, 0) is 6.42 Å². The largest absolute Gasteiger partial charge is 0.365 e. The number of benzene rings is 3. The molecule has 0 bridgehead atoms. The van der Waals surface area contributed by atoms with E-state index in [9.17, 15) is 4.79 Å². The number of para-hydroxylation sites is 1. The predicted molar refractivity (Wildman–Crippen MR) is 137 cm³/mol. The van der Waals surface area contributed by atoms with Crippen molar-refractivity contribution >= 4 is 28.3 Å². The average Bonchev–Trinajstić information content (AvgIpc) is 3.55. The van der Waals surface area contributed by atoms with E-state index in [1.807, 2.05) is 24.3 Å². The second kappa shape index (κ2) is 10.6. The van der Waals surface area contributed by atoms with E-state index in [-0.39, 0.29) is 0 Å². The maximum atomic E-state index is 12.6. The highest BCUT2D eigenvalue weighted by Gasteiger charge is 2.14. The number of aromatic nitrogens is 5. The van der Waals surface area contributed by atoms with Gasteiger partial charge in [0.05, 0.1) is 5.56 Å². The molecule has 0 aliphatic rings. The molecule has 0 saturated heterocycles. The molecule has 8 heteroatoms. The van der Waals surface area contributed by atoms with E-state index in [1.54, 1.807) is 24.3 Å². The molecule has 0 unspecified atom stereocenters. The average molecular weight is 484 g/mol. The molecular weight excluding hydrogens is 458 g/mol. The van der Waals surface area contributed by atoms with Crippen molar-refractivity contribution in [3.63, 3.8) is 0 Å². The van der Waals surface area contributed by atoms with E-state index in [0.717, 1.165) is 32.4 Å². The molecule has 2 aromatic heterocycles. The van der Waals surface area contributed by atoms with Crippen LogP contribution in [0.5, 0.6) is 0 Å². The Bertz CT molecular complexity index is 1420. The minimum atomic E-state index is -0.514. The van der Waals surface area contributed by atoms with Crippen molar-refractivity contribution in [2.45, 2.75) is 39.0 Å². The molecule has 35 heavy (non-hydrogen) atoms. The topological polar surface area (TPSA) is 82.8 Å². The van der Waals surface area contributed by atoms with E-state index in [0.29, 0.717) is 16.6 Å². The van der Waals surface area contributed by atoms with Gasteiger partial charge in [0.1, 0.15) is 21.0 Å². The van der Waals surface area contributed by atoms with Crippen molar-refractivity contribution in [3.8, 4) is 21.1 Å². The van der Waals surface area contributed by atoms with Crippen molar-refractivity contribution in [2.24, 2.45) is 0 Å². The Morgan fingerprint density at radius 2 is 1.51 bits per heavy atom. The van der Waals surface area contributed by atoms with Gasteiger partial charge in [0, 0.05) is 11.1 Å². The molecule has 176 valence electrons. The van der Waals surface area contributed by atoms with Crippen LogP contribution in [0.25, 0.3) is 32.2 Å². The summed E-state index contributed by atoms with van der Waals surface area (Å²) in [7, 11) is 0. The third-order valence-corrected chi connectivity index (χ3v) is 6.82. The minimum absolute atomic E-state index is 0.410. The number of unbranched alkanes of at least 4 members (excludes halogenated alkanes) is 3. The molecule has 0 aliphatic carbocycles.